The first-order chi connectivity index (χ1) is 15.9. The van der Waals surface area contributed by atoms with E-state index in [9.17, 15) is 13.2 Å². The third-order valence-electron chi connectivity index (χ3n) is 5.92. The van der Waals surface area contributed by atoms with Crippen molar-refractivity contribution in [1.29, 1.82) is 0 Å². The number of hydrogen-bond acceptors (Lipinski definition) is 7. The van der Waals surface area contributed by atoms with E-state index in [0.717, 1.165) is 18.4 Å². The third kappa shape index (κ3) is 5.26. The quantitative estimate of drug-likeness (QED) is 0.481. The Bertz CT molecular complexity index is 1230. The van der Waals surface area contributed by atoms with Gasteiger partial charge in [0.05, 0.1) is 12.0 Å². The number of rotatable bonds is 8. The second-order valence-corrected chi connectivity index (χ2v) is 10.9. The van der Waals surface area contributed by atoms with E-state index >= 15 is 0 Å². The van der Waals surface area contributed by atoms with Crippen LogP contribution >= 0.6 is 11.3 Å². The Balaban J connectivity index is 1.31. The molecule has 0 amide bonds. The Labute approximate surface area is 198 Å². The van der Waals surface area contributed by atoms with Crippen LogP contribution in [0.25, 0.3) is 0 Å². The molecule has 0 aliphatic carbocycles. The van der Waals surface area contributed by atoms with Crippen LogP contribution in [0.3, 0.4) is 0 Å². The second-order valence-electron chi connectivity index (χ2n) is 8.09. The van der Waals surface area contributed by atoms with Gasteiger partial charge in [0.2, 0.25) is 15.8 Å². The molecule has 1 N–H and O–H groups in total. The molecule has 0 spiro atoms. The minimum Gasteiger partial charge on any atom is -0.497 e. The van der Waals surface area contributed by atoms with Crippen LogP contribution in [0.1, 0.15) is 34.5 Å². The van der Waals surface area contributed by atoms with Crippen LogP contribution < -0.4 is 10.1 Å². The van der Waals surface area contributed by atoms with Gasteiger partial charge in [-0.25, -0.2) is 13.4 Å². The zero-order valence-electron chi connectivity index (χ0n) is 18.7. The number of hydrogen-bond donors (Lipinski definition) is 1. The minimum absolute atomic E-state index is 0.0755. The first-order valence-corrected chi connectivity index (χ1v) is 13.1. The van der Waals surface area contributed by atoms with Gasteiger partial charge in [0.15, 0.2) is 5.13 Å². The van der Waals surface area contributed by atoms with Crippen molar-refractivity contribution in [2.45, 2.75) is 24.7 Å². The molecular weight excluding hydrogens is 458 g/mol. The number of nitrogens with zero attached hydrogens (tertiary/aromatic N) is 2. The molecule has 0 radical (unpaired) electrons. The molecule has 1 aliphatic heterocycles. The summed E-state index contributed by atoms with van der Waals surface area (Å²) in [6.45, 7) is 3.56. The van der Waals surface area contributed by atoms with Gasteiger partial charge in [-0.05, 0) is 43.4 Å². The fraction of sp³-hybridized carbons (Fsp3) is 0.333. The molecule has 174 valence electrons. The van der Waals surface area contributed by atoms with Gasteiger partial charge in [-0.2, -0.15) is 4.31 Å². The summed E-state index contributed by atoms with van der Waals surface area (Å²) in [6.07, 6.45) is 1.52. The van der Waals surface area contributed by atoms with Gasteiger partial charge in [-0.1, -0.05) is 30.3 Å². The number of carbonyl (C=O) groups excluding carboxylic acids is 1. The van der Waals surface area contributed by atoms with Crippen LogP contribution in [0.4, 0.5) is 5.13 Å². The summed E-state index contributed by atoms with van der Waals surface area (Å²) < 4.78 is 32.6. The van der Waals surface area contributed by atoms with Crippen molar-refractivity contribution in [2.24, 2.45) is 5.92 Å². The van der Waals surface area contributed by atoms with Crippen molar-refractivity contribution in [3.05, 3.63) is 70.7 Å². The molecule has 0 unspecified atom stereocenters. The standard InChI is InChI=1S/C24H27N3O4S2/c1-17-6-3-4-9-21(17)23(28)22-16-32-24(26-22)25-15-18-10-12-27(13-11-18)33(29,30)20-8-5-7-19(14-20)31-2/h3-9,14,16,18H,10-13,15H2,1-2H3,(H,25,26). The van der Waals surface area contributed by atoms with Gasteiger partial charge < -0.3 is 10.1 Å². The van der Waals surface area contributed by atoms with Crippen molar-refractivity contribution >= 4 is 32.3 Å². The molecule has 0 bridgehead atoms. The average Bonchev–Trinajstić information content (AvgIpc) is 3.32. The van der Waals surface area contributed by atoms with E-state index in [1.54, 1.807) is 34.0 Å². The fourth-order valence-electron chi connectivity index (χ4n) is 3.92. The summed E-state index contributed by atoms with van der Waals surface area (Å²) >= 11 is 1.41. The number of aromatic nitrogens is 1. The van der Waals surface area contributed by atoms with E-state index < -0.39 is 10.0 Å². The van der Waals surface area contributed by atoms with Gasteiger partial charge in [-0.3, -0.25) is 4.79 Å². The number of ether oxygens (including phenoxy) is 1. The number of sulfonamides is 1. The van der Waals surface area contributed by atoms with Gasteiger partial charge >= 0.3 is 0 Å². The lowest BCUT2D eigenvalue weighted by molar-refractivity contribution is 0.103. The van der Waals surface area contributed by atoms with E-state index in [1.165, 1.54) is 18.4 Å². The molecule has 7 nitrogen and oxygen atoms in total. The number of ketones is 1. The largest absolute Gasteiger partial charge is 0.497 e. The Hall–Kier alpha value is -2.75. The maximum atomic E-state index is 13.0. The molecule has 0 saturated carbocycles. The van der Waals surface area contributed by atoms with E-state index in [4.69, 9.17) is 4.74 Å². The van der Waals surface area contributed by atoms with Crippen molar-refractivity contribution in [3.8, 4) is 5.75 Å². The molecular formula is C24H27N3O4S2. The number of carbonyl (C=O) groups is 1. The molecule has 1 aliphatic rings. The lowest BCUT2D eigenvalue weighted by Crippen LogP contribution is -2.39. The number of anilines is 1. The van der Waals surface area contributed by atoms with Crippen molar-refractivity contribution in [1.82, 2.24) is 9.29 Å². The molecule has 1 saturated heterocycles. The zero-order valence-corrected chi connectivity index (χ0v) is 20.3. The molecule has 1 aromatic heterocycles. The first kappa shape index (κ1) is 23.4. The number of nitrogens with one attached hydrogen (secondary N) is 1. The van der Waals surface area contributed by atoms with E-state index in [1.807, 2.05) is 31.2 Å². The minimum atomic E-state index is -3.54. The summed E-state index contributed by atoms with van der Waals surface area (Å²) in [5.41, 5.74) is 2.04. The highest BCUT2D eigenvalue weighted by molar-refractivity contribution is 7.89. The molecule has 2 aromatic carbocycles. The SMILES string of the molecule is COc1cccc(S(=O)(=O)N2CCC(CNc3nc(C(=O)c4ccccc4C)cs3)CC2)c1. The molecule has 4 rings (SSSR count). The molecule has 9 heteroatoms. The smallest absolute Gasteiger partial charge is 0.243 e. The van der Waals surface area contributed by atoms with Crippen LogP contribution in [0.2, 0.25) is 0 Å². The maximum absolute atomic E-state index is 13.0. The van der Waals surface area contributed by atoms with Crippen molar-refractivity contribution in [3.63, 3.8) is 0 Å². The maximum Gasteiger partial charge on any atom is 0.243 e. The highest BCUT2D eigenvalue weighted by atomic mass is 32.2. The van der Waals surface area contributed by atoms with Gasteiger partial charge in [0.25, 0.3) is 0 Å². The summed E-state index contributed by atoms with van der Waals surface area (Å²) in [5, 5.41) is 5.81. The fourth-order valence-corrected chi connectivity index (χ4v) is 6.13. The number of methoxy groups -OCH3 is 1. The van der Waals surface area contributed by atoms with Crippen molar-refractivity contribution in [2.75, 3.05) is 32.1 Å². The van der Waals surface area contributed by atoms with Crippen LogP contribution in [-0.2, 0) is 10.0 Å². The predicted molar refractivity (Wildman–Crippen MR) is 130 cm³/mol. The average molecular weight is 486 g/mol. The number of benzene rings is 2. The van der Waals surface area contributed by atoms with Gasteiger partial charge in [-0.15, -0.1) is 11.3 Å². The Morgan fingerprint density at radius 1 is 1.18 bits per heavy atom. The molecule has 33 heavy (non-hydrogen) atoms. The summed E-state index contributed by atoms with van der Waals surface area (Å²) in [6, 6.07) is 14.1. The number of piperidine rings is 1. The second kappa shape index (κ2) is 10.0. The lowest BCUT2D eigenvalue weighted by Gasteiger charge is -2.31. The van der Waals surface area contributed by atoms with Crippen molar-refractivity contribution < 1.29 is 17.9 Å². The van der Waals surface area contributed by atoms with Gasteiger partial charge in [0, 0.05) is 36.6 Å². The third-order valence-corrected chi connectivity index (χ3v) is 8.62. The van der Waals surface area contributed by atoms with Crippen LogP contribution in [0.5, 0.6) is 5.75 Å². The number of thiazole rings is 1. The highest BCUT2D eigenvalue weighted by Gasteiger charge is 2.29. The predicted octanol–water partition coefficient (Wildman–Crippen LogP) is 4.20. The monoisotopic (exact) mass is 485 g/mol. The first-order valence-electron chi connectivity index (χ1n) is 10.8. The molecule has 2 heterocycles. The topological polar surface area (TPSA) is 88.6 Å². The molecule has 1 fully saturated rings. The number of aryl methyl sites for hydroxylation is 1. The van der Waals surface area contributed by atoms with Crippen LogP contribution in [-0.4, -0.2) is 50.2 Å². The lowest BCUT2D eigenvalue weighted by atomic mass is 9.98. The van der Waals surface area contributed by atoms with Crippen LogP contribution in [0, 0.1) is 12.8 Å². The summed E-state index contributed by atoms with van der Waals surface area (Å²) in [4.78, 5) is 17.4. The highest BCUT2D eigenvalue weighted by Crippen LogP contribution is 2.27. The Kier molecular flexibility index (Phi) is 7.11. The normalized spacial score (nSPS) is 15.3. The Morgan fingerprint density at radius 2 is 1.94 bits per heavy atom. The van der Waals surface area contributed by atoms with Crippen LogP contribution in [0.15, 0.2) is 58.8 Å². The van der Waals surface area contributed by atoms with Gasteiger partial charge in [0.1, 0.15) is 11.4 Å². The molecule has 0 atom stereocenters. The van der Waals surface area contributed by atoms with E-state index in [2.05, 4.69) is 10.3 Å². The summed E-state index contributed by atoms with van der Waals surface area (Å²) in [7, 11) is -2.01. The van der Waals surface area contributed by atoms with E-state index in [0.29, 0.717) is 47.7 Å². The molecule has 3 aromatic rings. The Morgan fingerprint density at radius 3 is 2.67 bits per heavy atom. The zero-order chi connectivity index (χ0) is 23.4. The summed E-state index contributed by atoms with van der Waals surface area (Å²) in [5.74, 6) is 0.786. The van der Waals surface area contributed by atoms with E-state index in [-0.39, 0.29) is 10.7 Å².